The molecule has 0 saturated heterocycles. The Morgan fingerprint density at radius 2 is 1.88 bits per heavy atom. The summed E-state index contributed by atoms with van der Waals surface area (Å²) in [5, 5.41) is 0. The minimum absolute atomic E-state index is 0.765. The van der Waals surface area contributed by atoms with E-state index >= 15 is 0 Å². The van der Waals surface area contributed by atoms with E-state index in [2.05, 4.69) is 71.2 Å². The smallest absolute Gasteiger partial charge is 0.0979 e. The lowest BCUT2D eigenvalue weighted by atomic mass is 10.1. The number of allylic oxidation sites excluding steroid dienone is 1. The highest BCUT2D eigenvalue weighted by atomic mass is 127. The Bertz CT molecular complexity index is 356. The van der Waals surface area contributed by atoms with Crippen LogP contribution in [-0.4, -0.2) is 11.2 Å². The number of ether oxygens (including phenoxy) is 1. The summed E-state index contributed by atoms with van der Waals surface area (Å²) >= 11 is 2.21. The molecule has 0 fully saturated rings. The van der Waals surface area contributed by atoms with Crippen LogP contribution in [-0.2, 0) is 4.74 Å². The molecule has 0 N–H and O–H groups in total. The van der Waals surface area contributed by atoms with E-state index in [9.17, 15) is 0 Å². The molecule has 0 amide bonds. The van der Waals surface area contributed by atoms with E-state index in [1.807, 2.05) is 6.92 Å². The third-order valence-electron chi connectivity index (χ3n) is 2.15. The summed E-state index contributed by atoms with van der Waals surface area (Å²) in [6.07, 6.45) is 9.47. The van der Waals surface area contributed by atoms with Gasteiger partial charge >= 0.3 is 0 Å². The lowest BCUT2D eigenvalue weighted by Gasteiger charge is -2.00. The van der Waals surface area contributed by atoms with Crippen LogP contribution in [0.2, 0.25) is 0 Å². The summed E-state index contributed by atoms with van der Waals surface area (Å²) in [7, 11) is 0. The van der Waals surface area contributed by atoms with Gasteiger partial charge in [-0.3, -0.25) is 0 Å². The standard InChI is InChI=1S/C14H17IO/c1-2-7-13-8-3-4-9-14(13)10-5-6-11-16-12-15/h2-5,7-10H,6,11-12H2,1H3/b7-2-,10-5-. The van der Waals surface area contributed by atoms with E-state index in [0.717, 1.165) is 17.6 Å². The van der Waals surface area contributed by atoms with Crippen molar-refractivity contribution in [1.29, 1.82) is 0 Å². The van der Waals surface area contributed by atoms with Crippen molar-refractivity contribution in [2.45, 2.75) is 13.3 Å². The maximum atomic E-state index is 5.27. The van der Waals surface area contributed by atoms with Gasteiger partial charge in [-0.25, -0.2) is 0 Å². The Morgan fingerprint density at radius 3 is 2.50 bits per heavy atom. The quantitative estimate of drug-likeness (QED) is 0.423. The van der Waals surface area contributed by atoms with Gasteiger partial charge in [-0.15, -0.1) is 0 Å². The fraction of sp³-hybridized carbons (Fsp3) is 0.286. The van der Waals surface area contributed by atoms with Crippen LogP contribution < -0.4 is 0 Å². The molecule has 0 radical (unpaired) electrons. The van der Waals surface area contributed by atoms with Crippen LogP contribution in [0.4, 0.5) is 0 Å². The summed E-state index contributed by atoms with van der Waals surface area (Å²) in [5.74, 6) is 0. The number of hydrogen-bond acceptors (Lipinski definition) is 1. The fourth-order valence-corrected chi connectivity index (χ4v) is 1.72. The molecule has 0 aliphatic rings. The van der Waals surface area contributed by atoms with Crippen molar-refractivity contribution in [2.24, 2.45) is 0 Å². The first kappa shape index (κ1) is 13.5. The van der Waals surface area contributed by atoms with Gasteiger partial charge < -0.3 is 4.74 Å². The maximum Gasteiger partial charge on any atom is 0.0979 e. The summed E-state index contributed by atoms with van der Waals surface area (Å²) in [4.78, 5) is 0. The summed E-state index contributed by atoms with van der Waals surface area (Å²) in [6, 6.07) is 8.38. The van der Waals surface area contributed by atoms with E-state index in [1.165, 1.54) is 11.1 Å². The zero-order valence-corrected chi connectivity index (χ0v) is 11.7. The second-order valence-corrected chi connectivity index (χ2v) is 3.96. The third-order valence-corrected chi connectivity index (χ3v) is 2.59. The molecular formula is C14H17IO. The van der Waals surface area contributed by atoms with Gasteiger partial charge in [-0.1, -0.05) is 71.2 Å². The van der Waals surface area contributed by atoms with Gasteiger partial charge in [0.25, 0.3) is 0 Å². The van der Waals surface area contributed by atoms with Crippen LogP contribution in [0.3, 0.4) is 0 Å². The number of halogens is 1. The zero-order valence-electron chi connectivity index (χ0n) is 9.53. The van der Waals surface area contributed by atoms with E-state index in [0.29, 0.717) is 0 Å². The molecule has 0 heterocycles. The topological polar surface area (TPSA) is 9.23 Å². The molecule has 1 nitrogen and oxygen atoms in total. The molecule has 0 aliphatic carbocycles. The Balaban J connectivity index is 2.58. The van der Waals surface area contributed by atoms with Gasteiger partial charge in [0, 0.05) is 0 Å². The molecule has 1 rings (SSSR count). The molecule has 0 bridgehead atoms. The summed E-state index contributed by atoms with van der Waals surface area (Å²) in [6.45, 7) is 2.83. The van der Waals surface area contributed by atoms with Gasteiger partial charge in [0.05, 0.1) is 11.2 Å². The number of hydrogen-bond donors (Lipinski definition) is 0. The number of rotatable bonds is 6. The van der Waals surface area contributed by atoms with E-state index in [1.54, 1.807) is 0 Å². The first-order valence-electron chi connectivity index (χ1n) is 5.40. The normalized spacial score (nSPS) is 11.6. The van der Waals surface area contributed by atoms with Gasteiger partial charge in [-0.2, -0.15) is 0 Å². The van der Waals surface area contributed by atoms with Crippen molar-refractivity contribution >= 4 is 34.7 Å². The van der Waals surface area contributed by atoms with Crippen molar-refractivity contribution in [2.75, 3.05) is 11.2 Å². The Labute approximate surface area is 111 Å². The first-order chi connectivity index (χ1) is 7.88. The monoisotopic (exact) mass is 328 g/mol. The van der Waals surface area contributed by atoms with Gasteiger partial charge in [0.2, 0.25) is 0 Å². The molecule has 1 aromatic rings. The molecule has 0 unspecified atom stereocenters. The summed E-state index contributed by atoms with van der Waals surface area (Å²) < 4.78 is 6.04. The molecule has 0 saturated carbocycles. The minimum Gasteiger partial charge on any atom is -0.371 e. The highest BCUT2D eigenvalue weighted by Crippen LogP contribution is 2.12. The van der Waals surface area contributed by atoms with Crippen LogP contribution in [0.15, 0.2) is 36.4 Å². The van der Waals surface area contributed by atoms with Crippen molar-refractivity contribution in [3.05, 3.63) is 47.5 Å². The van der Waals surface area contributed by atoms with Gasteiger partial charge in [0.1, 0.15) is 0 Å². The van der Waals surface area contributed by atoms with Crippen LogP contribution in [0.25, 0.3) is 12.2 Å². The fourth-order valence-electron chi connectivity index (χ4n) is 1.41. The first-order valence-corrected chi connectivity index (χ1v) is 6.93. The van der Waals surface area contributed by atoms with Crippen molar-refractivity contribution in [1.82, 2.24) is 0 Å². The molecule has 16 heavy (non-hydrogen) atoms. The lowest BCUT2D eigenvalue weighted by Crippen LogP contribution is -1.88. The molecular weight excluding hydrogens is 311 g/mol. The maximum absolute atomic E-state index is 5.27. The Morgan fingerprint density at radius 1 is 1.19 bits per heavy atom. The van der Waals surface area contributed by atoms with Crippen LogP contribution in [0.1, 0.15) is 24.5 Å². The van der Waals surface area contributed by atoms with Crippen molar-refractivity contribution in [3.8, 4) is 0 Å². The van der Waals surface area contributed by atoms with Crippen molar-refractivity contribution < 1.29 is 4.74 Å². The second kappa shape index (κ2) is 8.53. The molecule has 0 spiro atoms. The van der Waals surface area contributed by atoms with Crippen molar-refractivity contribution in [3.63, 3.8) is 0 Å². The molecule has 2 heteroatoms. The predicted molar refractivity (Wildman–Crippen MR) is 79.6 cm³/mol. The van der Waals surface area contributed by atoms with E-state index in [4.69, 9.17) is 4.74 Å². The van der Waals surface area contributed by atoms with E-state index < -0.39 is 0 Å². The second-order valence-electron chi connectivity index (χ2n) is 3.34. The predicted octanol–water partition coefficient (Wildman–Crippen LogP) is 4.53. The van der Waals surface area contributed by atoms with Crippen LogP contribution in [0, 0.1) is 0 Å². The average Bonchev–Trinajstić information content (AvgIpc) is 2.31. The van der Waals surface area contributed by atoms with Gasteiger partial charge in [-0.05, 0) is 24.5 Å². The molecule has 0 aliphatic heterocycles. The summed E-state index contributed by atoms with van der Waals surface area (Å²) in [5.41, 5.74) is 2.52. The van der Waals surface area contributed by atoms with Gasteiger partial charge in [0.15, 0.2) is 0 Å². The number of benzene rings is 1. The largest absolute Gasteiger partial charge is 0.371 e. The molecule has 0 aromatic heterocycles. The lowest BCUT2D eigenvalue weighted by molar-refractivity contribution is 0.196. The SMILES string of the molecule is C/C=C\c1ccccc1/C=C\CCOCI. The van der Waals surface area contributed by atoms with Crippen LogP contribution >= 0.6 is 22.6 Å². The number of alkyl halides is 1. The Kier molecular flexibility index (Phi) is 7.17. The van der Waals surface area contributed by atoms with E-state index in [-0.39, 0.29) is 0 Å². The average molecular weight is 328 g/mol. The highest BCUT2D eigenvalue weighted by Gasteiger charge is 1.92. The minimum atomic E-state index is 0.765. The Hall–Kier alpha value is -0.610. The van der Waals surface area contributed by atoms with Crippen LogP contribution in [0.5, 0.6) is 0 Å². The molecule has 0 atom stereocenters. The third kappa shape index (κ3) is 4.94. The molecule has 86 valence electrons. The highest BCUT2D eigenvalue weighted by molar-refractivity contribution is 14.1. The zero-order chi connectivity index (χ0) is 11.6. The molecule has 1 aromatic carbocycles.